The number of rotatable bonds is 6. The second-order valence-electron chi connectivity index (χ2n) is 4.14. The van der Waals surface area contributed by atoms with Crippen LogP contribution in [0.2, 0.25) is 0 Å². The highest BCUT2D eigenvalue weighted by Crippen LogP contribution is 2.29. The average Bonchev–Trinajstić information content (AvgIpc) is 2.02. The van der Waals surface area contributed by atoms with Crippen molar-refractivity contribution in [1.82, 2.24) is 0 Å². The number of hydrogen-bond donors (Lipinski definition) is 1. The lowest BCUT2D eigenvalue weighted by atomic mass is 10.5. The summed E-state index contributed by atoms with van der Waals surface area (Å²) in [6.45, 7) is 3.29. The minimum absolute atomic E-state index is 0.164. The maximum Gasteiger partial charge on any atom is 0.703 e. The van der Waals surface area contributed by atoms with Crippen molar-refractivity contribution in [1.29, 1.82) is 0 Å². The maximum atomic E-state index is 11.3. The summed E-state index contributed by atoms with van der Waals surface area (Å²) >= 11 is 0. The van der Waals surface area contributed by atoms with E-state index in [2.05, 4.69) is 0 Å². The average molecular weight is 225 g/mol. The molecular weight excluding hydrogens is 205 g/mol. The second kappa shape index (κ2) is 5.73. The number of quaternary nitrogens is 1. The highest BCUT2D eigenvalue weighted by Gasteiger charge is 2.34. The molecule has 0 saturated carbocycles. The Morgan fingerprint density at radius 2 is 1.79 bits per heavy atom. The predicted octanol–water partition coefficient (Wildman–Crippen LogP) is 1.11. The molecule has 0 aliphatic heterocycles. The van der Waals surface area contributed by atoms with Crippen LogP contribution in [0.5, 0.6) is 0 Å². The molecule has 3 unspecified atom stereocenters. The van der Waals surface area contributed by atoms with Crippen LogP contribution in [0.4, 0.5) is 0 Å². The Hall–Kier alpha value is -0.0600. The van der Waals surface area contributed by atoms with E-state index in [4.69, 9.17) is 14.2 Å². The highest BCUT2D eigenvalue weighted by atomic mass is 31.1. The van der Waals surface area contributed by atoms with Crippen molar-refractivity contribution in [3.05, 3.63) is 0 Å². The first kappa shape index (κ1) is 13.9. The zero-order valence-electron chi connectivity index (χ0n) is 9.43. The molecule has 0 rings (SSSR count). The Bertz CT molecular complexity index is 192. The first-order chi connectivity index (χ1) is 6.27. The molecule has 0 bridgehead atoms. The normalized spacial score (nSPS) is 17.7. The van der Waals surface area contributed by atoms with Crippen LogP contribution >= 0.6 is 8.25 Å². The molecule has 0 aliphatic carbocycles. The van der Waals surface area contributed by atoms with Crippen molar-refractivity contribution in [2.45, 2.75) is 26.2 Å². The van der Waals surface area contributed by atoms with Crippen molar-refractivity contribution in [2.75, 3.05) is 27.7 Å². The van der Waals surface area contributed by atoms with Crippen LogP contribution < -0.4 is 0 Å². The fourth-order valence-electron chi connectivity index (χ4n) is 0.471. The molecule has 14 heavy (non-hydrogen) atoms. The Morgan fingerprint density at radius 1 is 1.29 bits per heavy atom. The van der Waals surface area contributed by atoms with Gasteiger partial charge in [0.05, 0.1) is 27.7 Å². The third kappa shape index (κ3) is 5.62. The Balaban J connectivity index is 3.95. The summed E-state index contributed by atoms with van der Waals surface area (Å²) in [5.41, 5.74) is 0. The van der Waals surface area contributed by atoms with Gasteiger partial charge in [-0.2, -0.15) is 0 Å². The fourth-order valence-corrected chi connectivity index (χ4v) is 1.41. The van der Waals surface area contributed by atoms with Crippen molar-refractivity contribution >= 4 is 8.25 Å². The third-order valence-corrected chi connectivity index (χ3v) is 2.86. The van der Waals surface area contributed by atoms with Gasteiger partial charge in [-0.1, -0.05) is 4.52 Å². The maximum absolute atomic E-state index is 11.3. The van der Waals surface area contributed by atoms with E-state index in [9.17, 15) is 4.57 Å². The quantitative estimate of drug-likeness (QED) is 0.418. The van der Waals surface area contributed by atoms with Crippen molar-refractivity contribution in [3.63, 3.8) is 0 Å². The second-order valence-corrected chi connectivity index (χ2v) is 5.01. The monoisotopic (exact) mass is 225 g/mol. The van der Waals surface area contributed by atoms with E-state index < -0.39 is 14.4 Å². The molecule has 0 aromatic heterocycles. The molecule has 0 aliphatic rings. The molecule has 5 nitrogen and oxygen atoms in total. The Morgan fingerprint density at radius 3 is 2.14 bits per heavy atom. The first-order valence-corrected chi connectivity index (χ1v) is 5.59. The summed E-state index contributed by atoms with van der Waals surface area (Å²) in [5.74, 6) is 0. The van der Waals surface area contributed by atoms with Gasteiger partial charge in [-0.3, -0.25) is 0 Å². The molecule has 3 atom stereocenters. The summed E-state index contributed by atoms with van der Waals surface area (Å²) in [7, 11) is 3.65. The fraction of sp³-hybridized carbons (Fsp3) is 1.00. The summed E-state index contributed by atoms with van der Waals surface area (Å²) in [6, 6.07) is 0. The van der Waals surface area contributed by atoms with E-state index in [1.807, 2.05) is 28.1 Å². The van der Waals surface area contributed by atoms with Crippen LogP contribution in [0, 0.1) is 0 Å². The zero-order chi connectivity index (χ0) is 11.4. The van der Waals surface area contributed by atoms with Gasteiger partial charge in [0.1, 0.15) is 6.10 Å². The molecule has 6 heteroatoms. The molecule has 0 radical (unpaired) electrons. The van der Waals surface area contributed by atoms with E-state index >= 15 is 0 Å². The Labute approximate surface area is 86.2 Å². The lowest BCUT2D eigenvalue weighted by Crippen LogP contribution is -2.43. The van der Waals surface area contributed by atoms with Gasteiger partial charge in [0, 0.05) is 11.5 Å². The smallest absolute Gasteiger partial charge is 0.393 e. The van der Waals surface area contributed by atoms with Gasteiger partial charge < -0.3 is 9.59 Å². The Kier molecular flexibility index (Phi) is 5.71. The lowest BCUT2D eigenvalue weighted by Gasteiger charge is -2.26. The number of aliphatic hydroxyl groups excluding tert-OH is 1. The zero-order valence-corrected chi connectivity index (χ0v) is 10.3. The van der Waals surface area contributed by atoms with Gasteiger partial charge in [0.25, 0.3) is 0 Å². The van der Waals surface area contributed by atoms with E-state index in [1.54, 1.807) is 6.92 Å². The van der Waals surface area contributed by atoms with Gasteiger partial charge in [-0.15, -0.1) is 4.52 Å². The minimum Gasteiger partial charge on any atom is -0.393 e. The molecule has 0 saturated heterocycles. The van der Waals surface area contributed by atoms with Crippen LogP contribution in [-0.4, -0.2) is 49.7 Å². The van der Waals surface area contributed by atoms with Gasteiger partial charge in [-0.05, 0) is 6.92 Å². The van der Waals surface area contributed by atoms with Crippen LogP contribution in [0.15, 0.2) is 0 Å². The topological polar surface area (TPSA) is 55.8 Å². The van der Waals surface area contributed by atoms with E-state index in [0.717, 1.165) is 0 Å². The summed E-state index contributed by atoms with van der Waals surface area (Å²) in [6.07, 6.45) is -0.678. The van der Waals surface area contributed by atoms with Gasteiger partial charge >= 0.3 is 8.25 Å². The number of nitrogens with zero attached hydrogens (tertiary/aromatic N) is 1. The van der Waals surface area contributed by atoms with E-state index in [0.29, 0.717) is 4.48 Å². The third-order valence-electron chi connectivity index (χ3n) is 1.85. The van der Waals surface area contributed by atoms with Crippen LogP contribution in [0.25, 0.3) is 0 Å². The SMILES string of the molecule is CC(CO)O[P+](=O)OC(C)[N+](C)(C)C. The summed E-state index contributed by atoms with van der Waals surface area (Å²) in [5, 5.41) is 8.66. The molecule has 1 N–H and O–H groups in total. The highest BCUT2D eigenvalue weighted by molar-refractivity contribution is 7.33. The minimum atomic E-state index is -2.16. The van der Waals surface area contributed by atoms with Gasteiger partial charge in [-0.25, -0.2) is 0 Å². The largest absolute Gasteiger partial charge is 0.703 e. The summed E-state index contributed by atoms with van der Waals surface area (Å²) < 4.78 is 21.8. The van der Waals surface area contributed by atoms with Crippen molar-refractivity contribution in [3.8, 4) is 0 Å². The van der Waals surface area contributed by atoms with Gasteiger partial charge in [0.2, 0.25) is 6.23 Å². The lowest BCUT2D eigenvalue weighted by molar-refractivity contribution is -0.913. The van der Waals surface area contributed by atoms with Gasteiger partial charge in [0.15, 0.2) is 0 Å². The first-order valence-electron chi connectivity index (χ1n) is 4.50. The standard InChI is InChI=1S/C8H20NO4P/c1-7(6-10)12-14(11)13-8(2)9(3,4)5/h7-8,10H,6H2,1-5H3/q+2. The van der Waals surface area contributed by atoms with E-state index in [-0.39, 0.29) is 12.8 Å². The molecule has 0 amide bonds. The van der Waals surface area contributed by atoms with Crippen LogP contribution in [0.3, 0.4) is 0 Å². The predicted molar refractivity (Wildman–Crippen MR) is 53.8 cm³/mol. The summed E-state index contributed by atoms with van der Waals surface area (Å²) in [4.78, 5) is 0. The molecular formula is C8H20NO4P+2. The molecule has 0 heterocycles. The van der Waals surface area contributed by atoms with Crippen LogP contribution in [-0.2, 0) is 13.6 Å². The molecule has 0 fully saturated rings. The van der Waals surface area contributed by atoms with Crippen molar-refractivity contribution in [2.24, 2.45) is 0 Å². The molecule has 0 aromatic rings. The number of hydrogen-bond acceptors (Lipinski definition) is 4. The molecule has 84 valence electrons. The van der Waals surface area contributed by atoms with Crippen molar-refractivity contribution < 1.29 is 23.2 Å². The van der Waals surface area contributed by atoms with E-state index in [1.165, 1.54) is 0 Å². The molecule has 0 spiro atoms. The molecule has 0 aromatic carbocycles. The number of aliphatic hydroxyl groups is 1. The van der Waals surface area contributed by atoms with Crippen LogP contribution in [0.1, 0.15) is 13.8 Å².